The van der Waals surface area contributed by atoms with Gasteiger partial charge >= 0.3 is 0 Å². The summed E-state index contributed by atoms with van der Waals surface area (Å²) in [7, 11) is -0.189. The van der Waals surface area contributed by atoms with Crippen LogP contribution in [0.5, 0.6) is 0 Å². The van der Waals surface area contributed by atoms with Gasteiger partial charge in [-0.3, -0.25) is 4.68 Å². The van der Waals surface area contributed by atoms with Crippen molar-refractivity contribution in [2.45, 2.75) is 37.0 Å². The molecule has 2 saturated carbocycles. The highest BCUT2D eigenvalue weighted by Crippen LogP contribution is 2.69. The van der Waals surface area contributed by atoms with Gasteiger partial charge in [0.15, 0.2) is 0 Å². The fourth-order valence-electron chi connectivity index (χ4n) is 2.34. The topological polar surface area (TPSA) is 34.9 Å². The summed E-state index contributed by atoms with van der Waals surface area (Å²) < 4.78 is 15.9. The molecule has 0 atom stereocenters. The molecule has 2 aliphatic rings. The summed E-state index contributed by atoms with van der Waals surface area (Å²) in [6.07, 6.45) is 4.65. The van der Waals surface area contributed by atoms with Crippen molar-refractivity contribution in [3.63, 3.8) is 0 Å². The van der Waals surface area contributed by atoms with Crippen molar-refractivity contribution in [3.05, 3.63) is 9.77 Å². The molecule has 1 aromatic rings. The fraction of sp³-hybridized carbons (Fsp3) is 0.700. The normalized spacial score (nSPS) is 22.0. The van der Waals surface area contributed by atoms with Gasteiger partial charge in [-0.2, -0.15) is 5.10 Å². The largest absolute Gasteiger partial charge is 0.316 e. The first-order valence-corrected chi connectivity index (χ1v) is 8.34. The molecule has 0 saturated heterocycles. The second-order valence-electron chi connectivity index (χ2n) is 4.62. The summed E-state index contributed by atoms with van der Waals surface area (Å²) in [5.41, 5.74) is 1.99. The first kappa shape index (κ1) is 10.3. The zero-order valence-corrected chi connectivity index (χ0v) is 11.7. The van der Waals surface area contributed by atoms with Crippen molar-refractivity contribution in [2.75, 3.05) is 0 Å². The molecule has 2 aliphatic carbocycles. The Hall–Kier alpha value is 0.170. The van der Waals surface area contributed by atoms with Gasteiger partial charge in [-0.15, -0.1) is 0 Å². The van der Waals surface area contributed by atoms with Gasteiger partial charge in [0.1, 0.15) is 10.8 Å². The minimum atomic E-state index is -2.11. The van der Waals surface area contributed by atoms with Gasteiger partial charge in [0.25, 0.3) is 0 Å². The SMILES string of the molecule is Cn1nc(I)cc1P(=O)(C1CC1)C1CC1. The molecule has 1 heterocycles. The lowest BCUT2D eigenvalue weighted by Crippen LogP contribution is -2.20. The molecule has 1 aromatic heterocycles. The highest BCUT2D eigenvalue weighted by molar-refractivity contribution is 14.1. The van der Waals surface area contributed by atoms with Crippen molar-refractivity contribution >= 4 is 35.2 Å². The lowest BCUT2D eigenvalue weighted by atomic mass is 10.7. The van der Waals surface area contributed by atoms with E-state index in [4.69, 9.17) is 0 Å². The van der Waals surface area contributed by atoms with E-state index in [0.717, 1.165) is 34.8 Å². The summed E-state index contributed by atoms with van der Waals surface area (Å²) in [6.45, 7) is 0. The smallest absolute Gasteiger partial charge is 0.138 e. The van der Waals surface area contributed by atoms with Crippen LogP contribution < -0.4 is 5.44 Å². The first-order chi connectivity index (χ1) is 7.12. The van der Waals surface area contributed by atoms with E-state index in [2.05, 4.69) is 27.7 Å². The van der Waals surface area contributed by atoms with Gasteiger partial charge in [0, 0.05) is 24.4 Å². The van der Waals surface area contributed by atoms with Crippen molar-refractivity contribution in [2.24, 2.45) is 7.05 Å². The van der Waals surface area contributed by atoms with Gasteiger partial charge < -0.3 is 4.57 Å². The maximum atomic E-state index is 13.1. The number of hydrogen-bond acceptors (Lipinski definition) is 2. The molecule has 3 nitrogen and oxygen atoms in total. The maximum absolute atomic E-state index is 13.1. The molecule has 15 heavy (non-hydrogen) atoms. The van der Waals surface area contributed by atoms with E-state index in [-0.39, 0.29) is 0 Å². The third kappa shape index (κ3) is 1.60. The standard InChI is InChI=1S/C10H14IN2OP/c1-13-10(6-9(11)12-13)15(14,7-2-3-7)8-4-5-8/h6-8H,2-5H2,1H3. The van der Waals surface area contributed by atoms with Gasteiger partial charge in [-0.1, -0.05) is 0 Å². The van der Waals surface area contributed by atoms with Crippen LogP contribution in [-0.4, -0.2) is 21.1 Å². The molecule has 0 unspecified atom stereocenters. The highest BCUT2D eigenvalue weighted by Gasteiger charge is 2.53. The summed E-state index contributed by atoms with van der Waals surface area (Å²) >= 11 is 2.20. The van der Waals surface area contributed by atoms with Crippen molar-refractivity contribution in [1.29, 1.82) is 0 Å². The van der Waals surface area contributed by atoms with E-state index in [1.165, 1.54) is 0 Å². The minimum Gasteiger partial charge on any atom is -0.316 e. The second-order valence-corrected chi connectivity index (χ2v) is 9.06. The Balaban J connectivity index is 2.08. The van der Waals surface area contributed by atoms with Gasteiger partial charge in [-0.05, 0) is 48.3 Å². The van der Waals surface area contributed by atoms with Crippen LogP contribution in [0.25, 0.3) is 0 Å². The second kappa shape index (κ2) is 3.33. The summed E-state index contributed by atoms with van der Waals surface area (Å²) in [4.78, 5) is 0. The third-order valence-corrected chi connectivity index (χ3v) is 8.23. The monoisotopic (exact) mass is 336 g/mol. The Morgan fingerprint density at radius 2 is 1.93 bits per heavy atom. The van der Waals surface area contributed by atoms with Gasteiger partial charge in [0.2, 0.25) is 0 Å². The average molecular weight is 336 g/mol. The summed E-state index contributed by atoms with van der Waals surface area (Å²) in [5, 5.41) is 4.33. The zero-order chi connectivity index (χ0) is 10.6. The van der Waals surface area contributed by atoms with Crippen LogP contribution >= 0.6 is 29.7 Å². The predicted molar refractivity (Wildman–Crippen MR) is 69.2 cm³/mol. The van der Waals surface area contributed by atoms with Gasteiger partial charge in [0.05, 0.1) is 5.44 Å². The third-order valence-electron chi connectivity index (χ3n) is 3.36. The number of aryl methyl sites for hydroxylation is 1. The molecular formula is C10H14IN2OP. The lowest BCUT2D eigenvalue weighted by molar-refractivity contribution is 0.576. The number of nitrogens with zero attached hydrogens (tertiary/aromatic N) is 2. The van der Waals surface area contributed by atoms with E-state index in [9.17, 15) is 4.57 Å². The van der Waals surface area contributed by atoms with Crippen LogP contribution in [0, 0.1) is 3.70 Å². The highest BCUT2D eigenvalue weighted by atomic mass is 127. The predicted octanol–water partition coefficient (Wildman–Crippen LogP) is 2.34. The van der Waals surface area contributed by atoms with Crippen LogP contribution in [0.1, 0.15) is 25.7 Å². The van der Waals surface area contributed by atoms with Crippen molar-refractivity contribution in [1.82, 2.24) is 9.78 Å². The number of rotatable bonds is 3. The summed E-state index contributed by atoms with van der Waals surface area (Å²) in [6, 6.07) is 2.03. The molecule has 0 radical (unpaired) electrons. The first-order valence-electron chi connectivity index (χ1n) is 5.42. The Morgan fingerprint density at radius 1 is 1.40 bits per heavy atom. The molecule has 0 amide bonds. The van der Waals surface area contributed by atoms with Crippen molar-refractivity contribution in [3.8, 4) is 0 Å². The Bertz CT molecular complexity index is 432. The maximum Gasteiger partial charge on any atom is 0.138 e. The molecule has 0 aromatic carbocycles. The minimum absolute atomic E-state index is 0.483. The van der Waals surface area contributed by atoms with E-state index in [1.807, 2.05) is 17.8 Å². The zero-order valence-electron chi connectivity index (χ0n) is 8.69. The Kier molecular flexibility index (Phi) is 2.29. The molecule has 0 spiro atoms. The van der Waals surface area contributed by atoms with Crippen LogP contribution in [0.2, 0.25) is 0 Å². The van der Waals surface area contributed by atoms with E-state index in [0.29, 0.717) is 11.3 Å². The van der Waals surface area contributed by atoms with Crippen LogP contribution in [0.3, 0.4) is 0 Å². The number of hydrogen-bond donors (Lipinski definition) is 0. The van der Waals surface area contributed by atoms with Gasteiger partial charge in [-0.25, -0.2) is 0 Å². The Labute approximate surface area is 103 Å². The lowest BCUT2D eigenvalue weighted by Gasteiger charge is -2.16. The molecule has 2 fully saturated rings. The molecule has 3 rings (SSSR count). The Morgan fingerprint density at radius 3 is 2.27 bits per heavy atom. The van der Waals surface area contributed by atoms with E-state index in [1.54, 1.807) is 0 Å². The molecule has 82 valence electrons. The molecule has 0 aliphatic heterocycles. The number of halogens is 1. The number of aromatic nitrogens is 2. The van der Waals surface area contributed by atoms with Crippen LogP contribution in [0.15, 0.2) is 6.07 Å². The average Bonchev–Trinajstić information content (AvgIpc) is 3.01. The fourth-order valence-corrected chi connectivity index (χ4v) is 7.20. The quantitative estimate of drug-likeness (QED) is 0.627. The molecule has 0 bridgehead atoms. The molecular weight excluding hydrogens is 322 g/mol. The van der Waals surface area contributed by atoms with E-state index >= 15 is 0 Å². The van der Waals surface area contributed by atoms with Crippen molar-refractivity contribution < 1.29 is 4.57 Å². The summed E-state index contributed by atoms with van der Waals surface area (Å²) in [5.74, 6) is 0. The van der Waals surface area contributed by atoms with Crippen LogP contribution in [0.4, 0.5) is 0 Å². The molecule has 5 heteroatoms. The van der Waals surface area contributed by atoms with E-state index < -0.39 is 7.14 Å². The van der Waals surface area contributed by atoms with Crippen LogP contribution in [-0.2, 0) is 11.6 Å². The molecule has 0 N–H and O–H groups in total.